The molecular formula is C23H28ClF2NO3. The van der Waals surface area contributed by atoms with Gasteiger partial charge in [-0.05, 0) is 69.1 Å². The molecule has 164 valence electrons. The summed E-state index contributed by atoms with van der Waals surface area (Å²) in [4.78, 5) is 25.3. The molecule has 0 saturated heterocycles. The van der Waals surface area contributed by atoms with Crippen molar-refractivity contribution in [1.29, 1.82) is 0 Å². The maximum atomic E-state index is 15.2. The average Bonchev–Trinajstić information content (AvgIpc) is 2.67. The molecule has 0 aliphatic carbocycles. The summed E-state index contributed by atoms with van der Waals surface area (Å²) >= 11 is 0. The maximum absolute atomic E-state index is 15.2. The average molecular weight is 440 g/mol. The van der Waals surface area contributed by atoms with Gasteiger partial charge < -0.3 is 10.0 Å². The predicted molar refractivity (Wildman–Crippen MR) is 117 cm³/mol. The summed E-state index contributed by atoms with van der Waals surface area (Å²) in [5, 5.41) is 9.39. The van der Waals surface area contributed by atoms with Crippen molar-refractivity contribution in [2.75, 3.05) is 19.6 Å². The Labute approximate surface area is 182 Å². The fourth-order valence-electron chi connectivity index (χ4n) is 3.48. The van der Waals surface area contributed by atoms with Gasteiger partial charge in [0.15, 0.2) is 5.78 Å². The fraction of sp³-hybridized carbons (Fsp3) is 0.391. The topological polar surface area (TPSA) is 57.6 Å². The van der Waals surface area contributed by atoms with Crippen molar-refractivity contribution < 1.29 is 23.5 Å². The largest absolute Gasteiger partial charge is 0.478 e. The standard InChI is InChI=1S/C23H27F2NO3.ClH/c1-4-11-26(12-5-2)13-10-19-21(24)9-8-18(22(19)25)16-6-7-17(15(3)27)20(14-16)23(28)29;/h6-9,14H,4-5,10-13H2,1-3H3,(H,28,29);1H. The van der Waals surface area contributed by atoms with E-state index in [9.17, 15) is 19.1 Å². The van der Waals surface area contributed by atoms with Gasteiger partial charge in [-0.25, -0.2) is 13.6 Å². The molecule has 0 heterocycles. The fourth-order valence-corrected chi connectivity index (χ4v) is 3.48. The molecule has 0 bridgehead atoms. The molecule has 0 atom stereocenters. The van der Waals surface area contributed by atoms with Crippen molar-refractivity contribution in [3.8, 4) is 11.1 Å². The highest BCUT2D eigenvalue weighted by atomic mass is 35.5. The molecule has 4 nitrogen and oxygen atoms in total. The zero-order valence-corrected chi connectivity index (χ0v) is 18.3. The van der Waals surface area contributed by atoms with E-state index in [-0.39, 0.29) is 46.9 Å². The van der Waals surface area contributed by atoms with Gasteiger partial charge in [-0.1, -0.05) is 19.9 Å². The summed E-state index contributed by atoms with van der Waals surface area (Å²) in [5.41, 5.74) is 0.269. The lowest BCUT2D eigenvalue weighted by molar-refractivity contribution is 0.0692. The summed E-state index contributed by atoms with van der Waals surface area (Å²) in [6, 6.07) is 6.63. The molecule has 0 spiro atoms. The summed E-state index contributed by atoms with van der Waals surface area (Å²) in [6.07, 6.45) is 2.15. The second-order valence-electron chi connectivity index (χ2n) is 7.10. The Kier molecular flexibility index (Phi) is 10.1. The van der Waals surface area contributed by atoms with E-state index in [1.807, 2.05) is 0 Å². The number of rotatable bonds is 10. The normalized spacial score (nSPS) is 10.7. The third-order valence-corrected chi connectivity index (χ3v) is 4.88. The van der Waals surface area contributed by atoms with E-state index in [4.69, 9.17) is 0 Å². The Balaban J connectivity index is 0.00000450. The summed E-state index contributed by atoms with van der Waals surface area (Å²) in [5.74, 6) is -2.96. The molecule has 0 unspecified atom stereocenters. The lowest BCUT2D eigenvalue weighted by Gasteiger charge is -2.21. The first-order valence-corrected chi connectivity index (χ1v) is 9.87. The molecule has 7 heteroatoms. The van der Waals surface area contributed by atoms with Gasteiger partial charge in [0, 0.05) is 23.2 Å². The first-order valence-electron chi connectivity index (χ1n) is 9.87. The molecule has 30 heavy (non-hydrogen) atoms. The van der Waals surface area contributed by atoms with Gasteiger partial charge in [-0.15, -0.1) is 12.4 Å². The van der Waals surface area contributed by atoms with Crippen LogP contribution < -0.4 is 0 Å². The maximum Gasteiger partial charge on any atom is 0.336 e. The van der Waals surface area contributed by atoms with E-state index < -0.39 is 17.6 Å². The van der Waals surface area contributed by atoms with E-state index in [1.165, 1.54) is 37.3 Å². The quantitative estimate of drug-likeness (QED) is 0.488. The lowest BCUT2D eigenvalue weighted by Crippen LogP contribution is -2.28. The van der Waals surface area contributed by atoms with E-state index in [0.29, 0.717) is 12.1 Å². The van der Waals surface area contributed by atoms with Gasteiger partial charge in [0.1, 0.15) is 11.6 Å². The minimum Gasteiger partial charge on any atom is -0.478 e. The molecule has 0 fully saturated rings. The molecule has 2 rings (SSSR count). The molecule has 0 aliphatic heterocycles. The van der Waals surface area contributed by atoms with Crippen LogP contribution in [-0.4, -0.2) is 41.4 Å². The van der Waals surface area contributed by atoms with E-state index in [1.54, 1.807) is 0 Å². The van der Waals surface area contributed by atoms with Crippen LogP contribution in [0.2, 0.25) is 0 Å². The number of hydrogen-bond acceptors (Lipinski definition) is 3. The zero-order chi connectivity index (χ0) is 21.6. The number of nitrogens with zero attached hydrogens (tertiary/aromatic N) is 1. The van der Waals surface area contributed by atoms with Crippen molar-refractivity contribution in [1.82, 2.24) is 4.90 Å². The molecule has 0 radical (unpaired) electrons. The lowest BCUT2D eigenvalue weighted by atomic mass is 9.95. The van der Waals surface area contributed by atoms with Crippen molar-refractivity contribution >= 4 is 24.2 Å². The Morgan fingerprint density at radius 1 is 0.967 bits per heavy atom. The van der Waals surface area contributed by atoms with Gasteiger partial charge in [0.2, 0.25) is 0 Å². The molecule has 0 saturated carbocycles. The second-order valence-corrected chi connectivity index (χ2v) is 7.10. The smallest absolute Gasteiger partial charge is 0.336 e. The van der Waals surface area contributed by atoms with Crippen molar-refractivity contribution in [2.45, 2.75) is 40.0 Å². The van der Waals surface area contributed by atoms with Crippen LogP contribution >= 0.6 is 12.4 Å². The first-order chi connectivity index (χ1) is 13.8. The van der Waals surface area contributed by atoms with E-state index >= 15 is 4.39 Å². The van der Waals surface area contributed by atoms with Gasteiger partial charge >= 0.3 is 5.97 Å². The minimum atomic E-state index is -1.27. The van der Waals surface area contributed by atoms with E-state index in [2.05, 4.69) is 18.7 Å². The highest BCUT2D eigenvalue weighted by molar-refractivity contribution is 6.05. The van der Waals surface area contributed by atoms with Crippen LogP contribution in [0.25, 0.3) is 11.1 Å². The Bertz CT molecular complexity index is 896. The van der Waals surface area contributed by atoms with Crippen molar-refractivity contribution in [2.24, 2.45) is 0 Å². The SMILES string of the molecule is CCCN(CCC)CCc1c(F)ccc(-c2ccc(C(C)=O)c(C(=O)O)c2)c1F.Cl. The van der Waals surface area contributed by atoms with Gasteiger partial charge in [0.25, 0.3) is 0 Å². The Hall–Kier alpha value is -2.31. The number of carboxylic acid groups (broad SMARTS) is 1. The van der Waals surface area contributed by atoms with Gasteiger partial charge in [-0.3, -0.25) is 4.79 Å². The Morgan fingerprint density at radius 2 is 1.60 bits per heavy atom. The van der Waals surface area contributed by atoms with Gasteiger partial charge in [0.05, 0.1) is 5.56 Å². The monoisotopic (exact) mass is 439 g/mol. The number of halogens is 3. The molecular weight excluding hydrogens is 412 g/mol. The zero-order valence-electron chi connectivity index (χ0n) is 17.5. The molecule has 2 aromatic rings. The van der Waals surface area contributed by atoms with Crippen LogP contribution in [0.3, 0.4) is 0 Å². The third kappa shape index (κ3) is 6.09. The van der Waals surface area contributed by atoms with Gasteiger partial charge in [-0.2, -0.15) is 0 Å². The minimum absolute atomic E-state index is 0. The van der Waals surface area contributed by atoms with Crippen LogP contribution in [0.5, 0.6) is 0 Å². The third-order valence-electron chi connectivity index (χ3n) is 4.88. The number of carbonyl (C=O) groups is 2. The molecule has 0 aromatic heterocycles. The summed E-state index contributed by atoms with van der Waals surface area (Å²) < 4.78 is 29.5. The molecule has 2 aromatic carbocycles. The number of aromatic carboxylic acids is 1. The summed E-state index contributed by atoms with van der Waals surface area (Å²) in [6.45, 7) is 7.68. The van der Waals surface area contributed by atoms with Crippen molar-refractivity contribution in [3.63, 3.8) is 0 Å². The number of carboxylic acids is 1. The highest BCUT2D eigenvalue weighted by Crippen LogP contribution is 2.29. The molecule has 0 amide bonds. The van der Waals surface area contributed by atoms with Crippen molar-refractivity contribution in [3.05, 3.63) is 58.7 Å². The van der Waals surface area contributed by atoms with Crippen LogP contribution in [0.1, 0.15) is 59.9 Å². The number of ketones is 1. The van der Waals surface area contributed by atoms with Crippen LogP contribution in [0.15, 0.2) is 30.3 Å². The number of hydrogen-bond donors (Lipinski definition) is 1. The van der Waals surface area contributed by atoms with Crippen LogP contribution in [0, 0.1) is 11.6 Å². The molecule has 1 N–H and O–H groups in total. The highest BCUT2D eigenvalue weighted by Gasteiger charge is 2.19. The van der Waals surface area contributed by atoms with E-state index in [0.717, 1.165) is 25.9 Å². The van der Waals surface area contributed by atoms with Crippen LogP contribution in [0.4, 0.5) is 8.78 Å². The van der Waals surface area contributed by atoms with Crippen LogP contribution in [-0.2, 0) is 6.42 Å². The summed E-state index contributed by atoms with van der Waals surface area (Å²) in [7, 11) is 0. The number of carbonyl (C=O) groups excluding carboxylic acids is 1. The molecule has 0 aliphatic rings. The predicted octanol–water partition coefficient (Wildman–Crippen LogP) is 5.62. The number of Topliss-reactive ketones (excluding diaryl/α,β-unsaturated/α-hetero) is 1. The Morgan fingerprint density at radius 3 is 2.13 bits per heavy atom. The second kappa shape index (κ2) is 11.8. The number of benzene rings is 2. The first kappa shape index (κ1) is 25.7.